The number of carbonyl (C=O) groups is 1. The Bertz CT molecular complexity index is 641. The van der Waals surface area contributed by atoms with Gasteiger partial charge in [-0.3, -0.25) is 4.79 Å². The van der Waals surface area contributed by atoms with Gasteiger partial charge in [0.15, 0.2) is 5.82 Å². The van der Waals surface area contributed by atoms with Crippen molar-refractivity contribution in [3.63, 3.8) is 0 Å². The number of hydrogen-bond donors (Lipinski definition) is 0. The molecule has 116 valence electrons. The average Bonchev–Trinajstić information content (AvgIpc) is 3.14. The van der Waals surface area contributed by atoms with E-state index in [1.165, 1.54) is 12.7 Å². The topological polar surface area (TPSA) is 68.5 Å². The van der Waals surface area contributed by atoms with Gasteiger partial charge in [0.25, 0.3) is 0 Å². The van der Waals surface area contributed by atoms with Gasteiger partial charge in [0, 0.05) is 26.1 Å². The van der Waals surface area contributed by atoms with Crippen LogP contribution in [0.4, 0.5) is 0 Å². The fourth-order valence-corrected chi connectivity index (χ4v) is 2.97. The third-order valence-corrected chi connectivity index (χ3v) is 4.03. The maximum absolute atomic E-state index is 12.1. The third-order valence-electron chi connectivity index (χ3n) is 4.03. The molecule has 2 aromatic rings. The quantitative estimate of drug-likeness (QED) is 0.860. The lowest BCUT2D eigenvalue weighted by atomic mass is 9.89. The van der Waals surface area contributed by atoms with Crippen LogP contribution in [0.1, 0.15) is 29.1 Å². The van der Waals surface area contributed by atoms with Crippen molar-refractivity contribution >= 4 is 5.91 Å². The molecule has 0 N–H and O–H groups in total. The van der Waals surface area contributed by atoms with Gasteiger partial charge in [-0.15, -0.1) is 0 Å². The van der Waals surface area contributed by atoms with Crippen molar-refractivity contribution in [1.82, 2.24) is 15.0 Å². The molecule has 1 fully saturated rings. The van der Waals surface area contributed by atoms with E-state index in [9.17, 15) is 4.79 Å². The second-order valence-corrected chi connectivity index (χ2v) is 5.54. The van der Waals surface area contributed by atoms with Crippen LogP contribution in [0.15, 0.2) is 34.9 Å². The summed E-state index contributed by atoms with van der Waals surface area (Å²) in [5.41, 5.74) is 1.18. The van der Waals surface area contributed by atoms with Crippen LogP contribution in [-0.4, -0.2) is 47.8 Å². The first kappa shape index (κ1) is 14.7. The predicted molar refractivity (Wildman–Crippen MR) is 79.4 cm³/mol. The number of ether oxygens (including phenoxy) is 1. The number of aromatic nitrogens is 2. The number of hydrogen-bond acceptors (Lipinski definition) is 5. The molecule has 0 aliphatic carbocycles. The molecule has 0 bridgehead atoms. The number of amides is 1. The summed E-state index contributed by atoms with van der Waals surface area (Å²) >= 11 is 0. The van der Waals surface area contributed by atoms with Crippen molar-refractivity contribution in [1.29, 1.82) is 0 Å². The van der Waals surface area contributed by atoms with E-state index in [-0.39, 0.29) is 24.3 Å². The molecule has 0 spiro atoms. The van der Waals surface area contributed by atoms with Gasteiger partial charge in [-0.05, 0) is 12.5 Å². The average molecular weight is 301 g/mol. The summed E-state index contributed by atoms with van der Waals surface area (Å²) in [7, 11) is 1.53. The van der Waals surface area contributed by atoms with Crippen molar-refractivity contribution in [3.8, 4) is 0 Å². The molecule has 1 saturated heterocycles. The number of likely N-dealkylation sites (tertiary alicyclic amines) is 1. The molecule has 3 rings (SSSR count). The van der Waals surface area contributed by atoms with E-state index in [1.807, 2.05) is 23.1 Å². The van der Waals surface area contributed by atoms with Gasteiger partial charge < -0.3 is 14.2 Å². The van der Waals surface area contributed by atoms with Gasteiger partial charge >= 0.3 is 0 Å². The van der Waals surface area contributed by atoms with Gasteiger partial charge in [0.2, 0.25) is 11.8 Å². The van der Waals surface area contributed by atoms with Crippen LogP contribution >= 0.6 is 0 Å². The molecule has 1 aromatic heterocycles. The molecule has 1 aromatic carbocycles. The summed E-state index contributed by atoms with van der Waals surface area (Å²) in [6.07, 6.45) is 0. The summed E-state index contributed by atoms with van der Waals surface area (Å²) in [5.74, 6) is 1.37. The number of methoxy groups -OCH3 is 1. The Kier molecular flexibility index (Phi) is 4.20. The van der Waals surface area contributed by atoms with Gasteiger partial charge in [0.05, 0.1) is 5.92 Å². The van der Waals surface area contributed by atoms with Crippen LogP contribution in [0.5, 0.6) is 0 Å². The number of rotatable bonds is 4. The SMILES string of the molecule is COCC(=O)N1C[C@@H](c2ccccc2)[C@H](c2nc(C)no2)C1. The number of carbonyl (C=O) groups excluding carboxylic acids is 1. The first-order valence-electron chi connectivity index (χ1n) is 7.31. The summed E-state index contributed by atoms with van der Waals surface area (Å²) in [5, 5.41) is 3.88. The van der Waals surface area contributed by atoms with Crippen molar-refractivity contribution in [2.45, 2.75) is 18.8 Å². The number of aryl methyl sites for hydroxylation is 1. The molecule has 1 aliphatic rings. The summed E-state index contributed by atoms with van der Waals surface area (Å²) in [6.45, 7) is 3.10. The van der Waals surface area contributed by atoms with Gasteiger partial charge in [-0.1, -0.05) is 35.5 Å². The molecule has 0 saturated carbocycles. The predicted octanol–water partition coefficient (Wildman–Crippen LogP) is 1.73. The molecule has 2 atom stereocenters. The molecule has 6 nitrogen and oxygen atoms in total. The summed E-state index contributed by atoms with van der Waals surface area (Å²) in [6, 6.07) is 10.1. The fourth-order valence-electron chi connectivity index (χ4n) is 2.97. The van der Waals surface area contributed by atoms with E-state index >= 15 is 0 Å². The largest absolute Gasteiger partial charge is 0.375 e. The number of nitrogens with zero attached hydrogens (tertiary/aromatic N) is 3. The Morgan fingerprint density at radius 3 is 2.68 bits per heavy atom. The minimum atomic E-state index is -0.0119. The van der Waals surface area contributed by atoms with Crippen molar-refractivity contribution in [3.05, 3.63) is 47.6 Å². The van der Waals surface area contributed by atoms with E-state index in [2.05, 4.69) is 22.3 Å². The van der Waals surface area contributed by atoms with Gasteiger partial charge in [-0.25, -0.2) is 0 Å². The maximum Gasteiger partial charge on any atom is 0.248 e. The van der Waals surface area contributed by atoms with Crippen molar-refractivity contribution in [2.75, 3.05) is 26.8 Å². The highest BCUT2D eigenvalue weighted by Crippen LogP contribution is 2.38. The Labute approximate surface area is 129 Å². The summed E-state index contributed by atoms with van der Waals surface area (Å²) in [4.78, 5) is 18.3. The normalized spacial score (nSPS) is 21.3. The Hall–Kier alpha value is -2.21. The monoisotopic (exact) mass is 301 g/mol. The fraction of sp³-hybridized carbons (Fsp3) is 0.438. The summed E-state index contributed by atoms with van der Waals surface area (Å²) < 4.78 is 10.3. The molecule has 0 radical (unpaired) electrons. The van der Waals surface area contributed by atoms with Gasteiger partial charge in [0.1, 0.15) is 6.61 Å². The van der Waals surface area contributed by atoms with Crippen LogP contribution in [0.2, 0.25) is 0 Å². The zero-order chi connectivity index (χ0) is 15.5. The van der Waals surface area contributed by atoms with Crippen LogP contribution < -0.4 is 0 Å². The second kappa shape index (κ2) is 6.27. The smallest absolute Gasteiger partial charge is 0.248 e. The van der Waals surface area contributed by atoms with E-state index in [1.54, 1.807) is 6.92 Å². The van der Waals surface area contributed by atoms with E-state index in [0.29, 0.717) is 24.8 Å². The molecule has 22 heavy (non-hydrogen) atoms. The van der Waals surface area contributed by atoms with Crippen LogP contribution in [0, 0.1) is 6.92 Å². The van der Waals surface area contributed by atoms with E-state index in [4.69, 9.17) is 9.26 Å². The lowest BCUT2D eigenvalue weighted by Gasteiger charge is -2.16. The molecule has 0 unspecified atom stereocenters. The molecule has 1 amide bonds. The van der Waals surface area contributed by atoms with Crippen LogP contribution in [-0.2, 0) is 9.53 Å². The first-order chi connectivity index (χ1) is 10.7. The lowest BCUT2D eigenvalue weighted by molar-refractivity contribution is -0.134. The highest BCUT2D eigenvalue weighted by molar-refractivity contribution is 5.78. The Morgan fingerprint density at radius 2 is 2.05 bits per heavy atom. The zero-order valence-corrected chi connectivity index (χ0v) is 12.7. The first-order valence-corrected chi connectivity index (χ1v) is 7.31. The minimum absolute atomic E-state index is 0.0119. The molecular weight excluding hydrogens is 282 g/mol. The minimum Gasteiger partial charge on any atom is -0.375 e. The standard InChI is InChI=1S/C16H19N3O3/c1-11-17-16(22-18-11)14-9-19(15(20)10-21-2)8-13(14)12-6-4-3-5-7-12/h3-7,13-14H,8-10H2,1-2H3/t13-,14+/m0/s1. The Morgan fingerprint density at radius 1 is 1.32 bits per heavy atom. The van der Waals surface area contributed by atoms with E-state index < -0.39 is 0 Å². The highest BCUT2D eigenvalue weighted by Gasteiger charge is 2.39. The van der Waals surface area contributed by atoms with Crippen LogP contribution in [0.25, 0.3) is 0 Å². The Balaban J connectivity index is 1.88. The highest BCUT2D eigenvalue weighted by atomic mass is 16.5. The number of benzene rings is 1. The molecule has 2 heterocycles. The molecule has 6 heteroatoms. The third kappa shape index (κ3) is 2.87. The van der Waals surface area contributed by atoms with Crippen LogP contribution in [0.3, 0.4) is 0 Å². The zero-order valence-electron chi connectivity index (χ0n) is 12.7. The molecular formula is C16H19N3O3. The second-order valence-electron chi connectivity index (χ2n) is 5.54. The van der Waals surface area contributed by atoms with Gasteiger partial charge in [-0.2, -0.15) is 4.98 Å². The maximum atomic E-state index is 12.1. The van der Waals surface area contributed by atoms with Crippen molar-refractivity contribution in [2.24, 2.45) is 0 Å². The lowest BCUT2D eigenvalue weighted by Crippen LogP contribution is -2.31. The van der Waals surface area contributed by atoms with E-state index in [0.717, 1.165) is 0 Å². The molecule has 1 aliphatic heterocycles. The van der Waals surface area contributed by atoms with Crippen molar-refractivity contribution < 1.29 is 14.1 Å².